The van der Waals surface area contributed by atoms with Crippen molar-refractivity contribution in [2.75, 3.05) is 5.32 Å². The van der Waals surface area contributed by atoms with Gasteiger partial charge in [0, 0.05) is 15.8 Å². The Bertz CT molecular complexity index is 977. The van der Waals surface area contributed by atoms with E-state index in [2.05, 4.69) is 25.7 Å². The molecule has 0 aliphatic carbocycles. The summed E-state index contributed by atoms with van der Waals surface area (Å²) in [5, 5.41) is 19.4. The number of aromatic amines is 1. The van der Waals surface area contributed by atoms with E-state index in [0.29, 0.717) is 23.5 Å². The molecule has 0 amide bonds. The van der Waals surface area contributed by atoms with E-state index in [0.717, 1.165) is 25.7 Å². The fraction of sp³-hybridized carbons (Fsp3) is 0.0714. The first kappa shape index (κ1) is 14.5. The fourth-order valence-electron chi connectivity index (χ4n) is 2.16. The zero-order valence-corrected chi connectivity index (χ0v) is 13.8. The monoisotopic (exact) mass is 365 g/mol. The molecule has 4 rings (SSSR count). The molecule has 0 saturated heterocycles. The molecule has 2 N–H and O–H groups in total. The smallest absolute Gasteiger partial charge is 0.316 e. The molecule has 116 valence electrons. The zero-order chi connectivity index (χ0) is 15.8. The highest BCUT2D eigenvalue weighted by molar-refractivity contribution is 7.16. The lowest BCUT2D eigenvalue weighted by Crippen LogP contribution is -1.97. The van der Waals surface area contributed by atoms with Gasteiger partial charge in [-0.2, -0.15) is 5.10 Å². The Labute approximate surface area is 144 Å². The Morgan fingerprint density at radius 2 is 2.13 bits per heavy atom. The van der Waals surface area contributed by atoms with Crippen LogP contribution in [0.5, 0.6) is 0 Å². The summed E-state index contributed by atoms with van der Waals surface area (Å²) >= 11 is 13.6. The van der Waals surface area contributed by atoms with E-state index in [1.54, 1.807) is 12.3 Å². The molecule has 1 aromatic carbocycles. The molecule has 0 aliphatic heterocycles. The van der Waals surface area contributed by atoms with E-state index in [9.17, 15) is 0 Å². The Morgan fingerprint density at radius 1 is 1.22 bits per heavy atom. The SMILES string of the molecule is Clc1ccc(CNc2nnc(-c3cc(Cl)c4[nH]ncc4c3)o2)s1. The zero-order valence-electron chi connectivity index (χ0n) is 11.5. The Balaban J connectivity index is 1.56. The van der Waals surface area contributed by atoms with Crippen LogP contribution < -0.4 is 5.32 Å². The van der Waals surface area contributed by atoms with Crippen LogP contribution in [0.3, 0.4) is 0 Å². The average Bonchev–Trinajstić information content (AvgIpc) is 3.25. The molecule has 0 aliphatic rings. The molecule has 6 nitrogen and oxygen atoms in total. The molecule has 3 aromatic heterocycles. The number of benzene rings is 1. The van der Waals surface area contributed by atoms with Crippen molar-refractivity contribution in [1.29, 1.82) is 0 Å². The summed E-state index contributed by atoms with van der Waals surface area (Å²) in [4.78, 5) is 1.08. The highest BCUT2D eigenvalue weighted by atomic mass is 35.5. The third kappa shape index (κ3) is 2.90. The number of hydrogen-bond acceptors (Lipinski definition) is 6. The second-order valence-electron chi connectivity index (χ2n) is 4.76. The number of thiophene rings is 1. The Morgan fingerprint density at radius 3 is 2.96 bits per heavy atom. The number of nitrogens with zero attached hydrogens (tertiary/aromatic N) is 3. The van der Waals surface area contributed by atoms with Gasteiger partial charge in [-0.25, -0.2) is 0 Å². The molecule has 3 heterocycles. The molecule has 0 spiro atoms. The second-order valence-corrected chi connectivity index (χ2v) is 6.97. The third-order valence-electron chi connectivity index (χ3n) is 3.22. The molecular weight excluding hydrogens is 357 g/mol. The van der Waals surface area contributed by atoms with Gasteiger partial charge < -0.3 is 9.73 Å². The van der Waals surface area contributed by atoms with Gasteiger partial charge in [-0.15, -0.1) is 16.4 Å². The highest BCUT2D eigenvalue weighted by Crippen LogP contribution is 2.29. The largest absolute Gasteiger partial charge is 0.403 e. The molecule has 0 atom stereocenters. The van der Waals surface area contributed by atoms with Crippen LogP contribution in [0.15, 0.2) is 34.9 Å². The minimum absolute atomic E-state index is 0.341. The minimum atomic E-state index is 0.341. The van der Waals surface area contributed by atoms with Crippen LogP contribution in [0.25, 0.3) is 22.4 Å². The first-order valence-electron chi connectivity index (χ1n) is 6.63. The first-order valence-corrected chi connectivity index (χ1v) is 8.21. The molecule has 0 unspecified atom stereocenters. The van der Waals surface area contributed by atoms with Gasteiger partial charge in [0.2, 0.25) is 5.89 Å². The van der Waals surface area contributed by atoms with Crippen LogP contribution in [0.4, 0.5) is 6.01 Å². The summed E-state index contributed by atoms with van der Waals surface area (Å²) in [5.41, 5.74) is 1.52. The number of anilines is 1. The first-order chi connectivity index (χ1) is 11.2. The van der Waals surface area contributed by atoms with E-state index in [1.165, 1.54) is 11.3 Å². The summed E-state index contributed by atoms with van der Waals surface area (Å²) in [7, 11) is 0. The number of rotatable bonds is 4. The maximum absolute atomic E-state index is 6.22. The van der Waals surface area contributed by atoms with Crippen molar-refractivity contribution in [3.63, 3.8) is 0 Å². The number of H-pyrrole nitrogens is 1. The van der Waals surface area contributed by atoms with Crippen LogP contribution in [-0.2, 0) is 6.54 Å². The van der Waals surface area contributed by atoms with Gasteiger partial charge in [0.05, 0.1) is 27.6 Å². The van der Waals surface area contributed by atoms with E-state index < -0.39 is 0 Å². The van der Waals surface area contributed by atoms with Crippen LogP contribution in [0, 0.1) is 0 Å². The number of halogens is 2. The van der Waals surface area contributed by atoms with E-state index in [4.69, 9.17) is 27.6 Å². The van der Waals surface area contributed by atoms with Gasteiger partial charge >= 0.3 is 6.01 Å². The van der Waals surface area contributed by atoms with Crippen molar-refractivity contribution in [3.8, 4) is 11.5 Å². The predicted octanol–water partition coefficient (Wildman–Crippen LogP) is 4.59. The number of fused-ring (bicyclic) bond motifs is 1. The lowest BCUT2D eigenvalue weighted by molar-refractivity contribution is 0.581. The van der Waals surface area contributed by atoms with Crippen molar-refractivity contribution in [3.05, 3.63) is 44.7 Å². The van der Waals surface area contributed by atoms with Gasteiger partial charge in [-0.05, 0) is 24.3 Å². The highest BCUT2D eigenvalue weighted by Gasteiger charge is 2.12. The standard InChI is InChI=1S/C14H9Cl2N5OS/c15-10-4-7(3-8-5-18-19-12(8)10)13-20-21-14(22-13)17-6-9-1-2-11(16)23-9/h1-5H,6H2,(H,17,21)(H,18,19). The average molecular weight is 366 g/mol. The maximum Gasteiger partial charge on any atom is 0.316 e. The molecule has 9 heteroatoms. The van der Waals surface area contributed by atoms with Crippen LogP contribution >= 0.6 is 34.5 Å². The number of aromatic nitrogens is 4. The van der Waals surface area contributed by atoms with Crippen molar-refractivity contribution >= 4 is 51.5 Å². The van der Waals surface area contributed by atoms with Gasteiger partial charge in [0.25, 0.3) is 0 Å². The minimum Gasteiger partial charge on any atom is -0.403 e. The van der Waals surface area contributed by atoms with Crippen molar-refractivity contribution in [2.24, 2.45) is 0 Å². The molecule has 0 bridgehead atoms. The maximum atomic E-state index is 6.22. The molecular formula is C14H9Cl2N5OS. The lowest BCUT2D eigenvalue weighted by atomic mass is 10.1. The number of nitrogens with one attached hydrogen (secondary N) is 2. The summed E-state index contributed by atoms with van der Waals surface area (Å²) in [5.74, 6) is 0.390. The van der Waals surface area contributed by atoms with Crippen molar-refractivity contribution in [1.82, 2.24) is 20.4 Å². The second kappa shape index (κ2) is 5.84. The topological polar surface area (TPSA) is 79.6 Å². The van der Waals surface area contributed by atoms with Gasteiger partial charge in [-0.3, -0.25) is 5.10 Å². The van der Waals surface area contributed by atoms with Crippen LogP contribution in [-0.4, -0.2) is 20.4 Å². The van der Waals surface area contributed by atoms with Crippen LogP contribution in [0.1, 0.15) is 4.88 Å². The van der Waals surface area contributed by atoms with Gasteiger partial charge in [0.15, 0.2) is 0 Å². The summed E-state index contributed by atoms with van der Waals surface area (Å²) in [6.45, 7) is 0.570. The van der Waals surface area contributed by atoms with Crippen molar-refractivity contribution < 1.29 is 4.42 Å². The Kier molecular flexibility index (Phi) is 3.68. The van der Waals surface area contributed by atoms with Gasteiger partial charge in [0.1, 0.15) is 0 Å². The predicted molar refractivity (Wildman–Crippen MR) is 91.1 cm³/mol. The van der Waals surface area contributed by atoms with Crippen molar-refractivity contribution in [2.45, 2.75) is 6.54 Å². The summed E-state index contributed by atoms with van der Waals surface area (Å²) in [6, 6.07) is 7.79. The molecule has 23 heavy (non-hydrogen) atoms. The summed E-state index contributed by atoms with van der Waals surface area (Å²) < 4.78 is 6.37. The number of hydrogen-bond donors (Lipinski definition) is 2. The molecule has 0 fully saturated rings. The van der Waals surface area contributed by atoms with E-state index in [-0.39, 0.29) is 0 Å². The normalized spacial score (nSPS) is 11.2. The van der Waals surface area contributed by atoms with E-state index in [1.807, 2.05) is 18.2 Å². The van der Waals surface area contributed by atoms with Crippen LogP contribution in [0.2, 0.25) is 9.36 Å². The van der Waals surface area contributed by atoms with Gasteiger partial charge in [-0.1, -0.05) is 28.3 Å². The van der Waals surface area contributed by atoms with E-state index >= 15 is 0 Å². The molecule has 0 saturated carbocycles. The third-order valence-corrected chi connectivity index (χ3v) is 4.74. The quantitative estimate of drug-likeness (QED) is 0.552. The Hall–Kier alpha value is -2.09. The fourth-order valence-corrected chi connectivity index (χ4v) is 3.45. The molecule has 0 radical (unpaired) electrons. The molecule has 4 aromatic rings. The lowest BCUT2D eigenvalue weighted by Gasteiger charge is -1.99. The summed E-state index contributed by atoms with van der Waals surface area (Å²) in [6.07, 6.45) is 1.70.